The van der Waals surface area contributed by atoms with Crippen molar-refractivity contribution in [2.75, 3.05) is 21.3 Å². The van der Waals surface area contributed by atoms with E-state index in [0.717, 1.165) is 20.7 Å². The number of rotatable bonds is 5. The van der Waals surface area contributed by atoms with Gasteiger partial charge in [-0.15, -0.1) is 0 Å². The van der Waals surface area contributed by atoms with E-state index >= 15 is 0 Å². The average Bonchev–Trinajstić information content (AvgIpc) is 2.93. The second kappa shape index (κ2) is 6.94. The molecule has 1 aromatic heterocycles. The van der Waals surface area contributed by atoms with E-state index in [-0.39, 0.29) is 15.0 Å². The van der Waals surface area contributed by atoms with Crippen LogP contribution in [0.3, 0.4) is 0 Å². The first-order valence-corrected chi connectivity index (χ1v) is 9.15. The molecule has 0 aliphatic rings. The zero-order valence-corrected chi connectivity index (χ0v) is 15.9. The quantitative estimate of drug-likeness (QED) is 0.655. The normalized spacial score (nSPS) is 11.0. The zero-order chi connectivity index (χ0) is 18.1. The predicted molar refractivity (Wildman–Crippen MR) is 94.1 cm³/mol. The van der Waals surface area contributed by atoms with Gasteiger partial charge in [0.25, 0.3) is 0 Å². The first-order valence-electron chi connectivity index (χ1n) is 7.44. The molecule has 1 heterocycles. The third kappa shape index (κ3) is 3.05. The first-order chi connectivity index (χ1) is 12.0. The van der Waals surface area contributed by atoms with Crippen molar-refractivity contribution in [3.05, 3.63) is 41.6 Å². The van der Waals surface area contributed by atoms with Gasteiger partial charge in [0, 0.05) is 0 Å². The fourth-order valence-electron chi connectivity index (χ4n) is 2.68. The number of hydrogen-bond donors (Lipinski definition) is 1. The fraction of sp³-hybridized carbons (Fsp3) is 0.222. The van der Waals surface area contributed by atoms with Crippen LogP contribution in [0.5, 0.6) is 17.2 Å². The summed E-state index contributed by atoms with van der Waals surface area (Å²) in [7, 11) is 4.62. The molecular weight excluding hydrogens is 395 g/mol. The third-order valence-electron chi connectivity index (χ3n) is 3.84. The Morgan fingerprint density at radius 1 is 0.960 bits per heavy atom. The van der Waals surface area contributed by atoms with Crippen LogP contribution in [0.1, 0.15) is 5.69 Å². The van der Waals surface area contributed by atoms with E-state index in [1.807, 2.05) is 19.1 Å². The van der Waals surface area contributed by atoms with E-state index in [1.54, 1.807) is 20.3 Å². The summed E-state index contributed by atoms with van der Waals surface area (Å²) >= 11 is -0.288. The number of ether oxygens (including phenoxy) is 3. The molecule has 0 saturated carbocycles. The van der Waals surface area contributed by atoms with Crippen molar-refractivity contribution in [2.24, 2.45) is 0 Å². The van der Waals surface area contributed by atoms with Crippen molar-refractivity contribution in [1.29, 1.82) is 0 Å². The molecule has 25 heavy (non-hydrogen) atoms. The maximum atomic E-state index is 14.3. The van der Waals surface area contributed by atoms with Crippen LogP contribution in [0.2, 0.25) is 0 Å². The molecule has 1 N–H and O–H groups in total. The van der Waals surface area contributed by atoms with Gasteiger partial charge in [0.15, 0.2) is 0 Å². The van der Waals surface area contributed by atoms with E-state index in [1.165, 1.54) is 7.11 Å². The summed E-state index contributed by atoms with van der Waals surface area (Å²) in [5, 5.41) is 0.297. The maximum absolute atomic E-state index is 14.3. The Hall–Kier alpha value is -2.24. The van der Waals surface area contributed by atoms with Crippen LogP contribution in [-0.2, 0) is 0 Å². The van der Waals surface area contributed by atoms with Crippen LogP contribution in [0.15, 0.2) is 24.3 Å². The number of benzene rings is 2. The van der Waals surface area contributed by atoms with Gasteiger partial charge in [0.2, 0.25) is 0 Å². The summed E-state index contributed by atoms with van der Waals surface area (Å²) in [6.45, 7) is 1.85. The Bertz CT molecular complexity index is 915. The SMILES string of the molecule is COc1cc([Se]c2c(C)[nH]c3ccc(F)c(F)c23)cc(OC)c1OC. The summed E-state index contributed by atoms with van der Waals surface area (Å²) in [6.07, 6.45) is 0. The van der Waals surface area contributed by atoms with Crippen molar-refractivity contribution in [3.8, 4) is 17.2 Å². The van der Waals surface area contributed by atoms with Gasteiger partial charge in [-0.05, 0) is 0 Å². The molecular formula is C18H17F2NO3Se. The van der Waals surface area contributed by atoms with Gasteiger partial charge in [-0.3, -0.25) is 0 Å². The molecule has 0 aliphatic heterocycles. The van der Waals surface area contributed by atoms with Crippen LogP contribution >= 0.6 is 0 Å². The van der Waals surface area contributed by atoms with Crippen LogP contribution in [-0.4, -0.2) is 41.3 Å². The standard InChI is InChI=1S/C18H17F2NO3Se/c1-9-18(15-12(21-9)6-5-11(19)16(15)20)25-10-7-13(22-2)17(24-4)14(8-10)23-3/h5-8,21H,1-4H3. The average molecular weight is 412 g/mol. The molecule has 2 aromatic carbocycles. The summed E-state index contributed by atoms with van der Waals surface area (Å²) in [5.41, 5.74) is 1.40. The number of aromatic nitrogens is 1. The van der Waals surface area contributed by atoms with E-state index in [9.17, 15) is 8.78 Å². The Morgan fingerprint density at radius 2 is 1.60 bits per heavy atom. The second-order valence-electron chi connectivity index (χ2n) is 5.33. The van der Waals surface area contributed by atoms with Gasteiger partial charge in [0.05, 0.1) is 0 Å². The summed E-state index contributed by atoms with van der Waals surface area (Å²) in [4.78, 5) is 3.12. The van der Waals surface area contributed by atoms with E-state index in [0.29, 0.717) is 28.2 Å². The Labute approximate surface area is 150 Å². The van der Waals surface area contributed by atoms with E-state index in [2.05, 4.69) is 4.98 Å². The molecule has 0 unspecified atom stereocenters. The van der Waals surface area contributed by atoms with Crippen molar-refractivity contribution in [1.82, 2.24) is 4.98 Å². The number of fused-ring (bicyclic) bond motifs is 1. The molecule has 4 nitrogen and oxygen atoms in total. The molecule has 3 rings (SSSR count). The Kier molecular flexibility index (Phi) is 4.88. The second-order valence-corrected chi connectivity index (χ2v) is 7.60. The molecule has 132 valence electrons. The summed E-state index contributed by atoms with van der Waals surface area (Å²) < 4.78 is 45.7. The molecule has 0 bridgehead atoms. The molecule has 0 saturated heterocycles. The number of aryl methyl sites for hydroxylation is 1. The number of H-pyrrole nitrogens is 1. The summed E-state index contributed by atoms with van der Waals surface area (Å²) in [6, 6.07) is 6.34. The van der Waals surface area contributed by atoms with Crippen LogP contribution in [0.25, 0.3) is 10.9 Å². The first kappa shape index (κ1) is 17.6. The monoisotopic (exact) mass is 413 g/mol. The zero-order valence-electron chi connectivity index (χ0n) is 14.2. The number of halogens is 2. The van der Waals surface area contributed by atoms with Gasteiger partial charge in [-0.25, -0.2) is 0 Å². The van der Waals surface area contributed by atoms with Crippen molar-refractivity contribution < 1.29 is 23.0 Å². The molecule has 0 aliphatic carbocycles. The predicted octanol–water partition coefficient (Wildman–Crippen LogP) is 2.44. The molecule has 0 fully saturated rings. The van der Waals surface area contributed by atoms with Gasteiger partial charge < -0.3 is 0 Å². The van der Waals surface area contributed by atoms with Gasteiger partial charge in [0.1, 0.15) is 0 Å². The molecule has 0 radical (unpaired) electrons. The third-order valence-corrected chi connectivity index (χ3v) is 6.33. The fourth-order valence-corrected chi connectivity index (χ4v) is 4.94. The minimum atomic E-state index is -0.853. The Balaban J connectivity index is 2.13. The number of nitrogens with one attached hydrogen (secondary N) is 1. The van der Waals surface area contributed by atoms with E-state index < -0.39 is 11.6 Å². The van der Waals surface area contributed by atoms with Gasteiger partial charge >= 0.3 is 150 Å². The number of hydrogen-bond acceptors (Lipinski definition) is 3. The molecule has 0 amide bonds. The van der Waals surface area contributed by atoms with Gasteiger partial charge in [-0.1, -0.05) is 0 Å². The van der Waals surface area contributed by atoms with Gasteiger partial charge in [-0.2, -0.15) is 0 Å². The number of aromatic amines is 1. The van der Waals surface area contributed by atoms with Crippen molar-refractivity contribution in [2.45, 2.75) is 6.92 Å². The molecule has 3 aromatic rings. The van der Waals surface area contributed by atoms with Crippen LogP contribution < -0.4 is 23.1 Å². The van der Waals surface area contributed by atoms with Crippen molar-refractivity contribution in [3.63, 3.8) is 0 Å². The van der Waals surface area contributed by atoms with E-state index in [4.69, 9.17) is 14.2 Å². The molecule has 7 heteroatoms. The van der Waals surface area contributed by atoms with Crippen LogP contribution in [0.4, 0.5) is 8.78 Å². The molecule has 0 atom stereocenters. The minimum absolute atomic E-state index is 0.288. The van der Waals surface area contributed by atoms with Crippen LogP contribution in [0, 0.1) is 18.6 Å². The summed E-state index contributed by atoms with van der Waals surface area (Å²) in [5.74, 6) is -0.122. The molecule has 0 spiro atoms. The number of methoxy groups -OCH3 is 3. The Morgan fingerprint density at radius 3 is 2.16 bits per heavy atom. The van der Waals surface area contributed by atoms with Crippen molar-refractivity contribution >= 4 is 34.8 Å². The topological polar surface area (TPSA) is 43.5 Å².